The molecule has 3 rings (SSSR count). The quantitative estimate of drug-likeness (QED) is 0.870. The summed E-state index contributed by atoms with van der Waals surface area (Å²) < 4.78 is 0. The molecule has 1 fully saturated rings. The Kier molecular flexibility index (Phi) is 4.90. The van der Waals surface area contributed by atoms with Gasteiger partial charge in [0.25, 0.3) is 5.91 Å². The fraction of sp³-hybridized carbons (Fsp3) is 0.389. The van der Waals surface area contributed by atoms with E-state index in [1.54, 1.807) is 0 Å². The Balaban J connectivity index is 1.54. The summed E-state index contributed by atoms with van der Waals surface area (Å²) in [5.41, 5.74) is 2.43. The van der Waals surface area contributed by atoms with Crippen LogP contribution in [0.4, 0.5) is 0 Å². The van der Waals surface area contributed by atoms with Crippen molar-refractivity contribution in [3.8, 4) is 0 Å². The smallest absolute Gasteiger partial charge is 0.275 e. The van der Waals surface area contributed by atoms with E-state index in [2.05, 4.69) is 41.9 Å². The van der Waals surface area contributed by atoms with E-state index in [9.17, 15) is 4.79 Å². The van der Waals surface area contributed by atoms with E-state index in [0.29, 0.717) is 19.1 Å². The van der Waals surface area contributed by atoms with Crippen LogP contribution in [-0.2, 0) is 11.3 Å². The van der Waals surface area contributed by atoms with Crippen molar-refractivity contribution in [2.24, 2.45) is 0 Å². The number of quaternary nitrogens is 1. The van der Waals surface area contributed by atoms with Gasteiger partial charge in [-0.2, -0.15) is 0 Å². The fourth-order valence-electron chi connectivity index (χ4n) is 3.23. The molecule has 1 amide bonds. The van der Waals surface area contributed by atoms with Crippen molar-refractivity contribution in [2.45, 2.75) is 32.4 Å². The SMILES string of the molecule is Cc1ccccc1CNC(=O)C[NH+]1CCC[C@H]1c1cccs1. The molecule has 0 radical (unpaired) electrons. The summed E-state index contributed by atoms with van der Waals surface area (Å²) in [6.45, 7) is 4.39. The molecule has 4 heteroatoms. The highest BCUT2D eigenvalue weighted by Crippen LogP contribution is 2.23. The zero-order valence-corrected chi connectivity index (χ0v) is 13.8. The third-order valence-electron chi connectivity index (χ3n) is 4.49. The maximum atomic E-state index is 12.3. The van der Waals surface area contributed by atoms with E-state index < -0.39 is 0 Å². The average Bonchev–Trinajstić information content (AvgIpc) is 3.17. The van der Waals surface area contributed by atoms with E-state index in [0.717, 1.165) is 6.54 Å². The first-order chi connectivity index (χ1) is 10.7. The molecule has 1 aliphatic rings. The normalized spacial score (nSPS) is 21.0. The lowest BCUT2D eigenvalue weighted by atomic mass is 10.1. The van der Waals surface area contributed by atoms with Crippen LogP contribution in [-0.4, -0.2) is 19.0 Å². The Morgan fingerprint density at radius 1 is 1.32 bits per heavy atom. The summed E-state index contributed by atoms with van der Waals surface area (Å²) in [6, 6.07) is 13.0. The van der Waals surface area contributed by atoms with Crippen LogP contribution in [0.3, 0.4) is 0 Å². The molecule has 22 heavy (non-hydrogen) atoms. The van der Waals surface area contributed by atoms with Crippen molar-refractivity contribution in [3.63, 3.8) is 0 Å². The molecular formula is C18H23N2OS+. The highest BCUT2D eigenvalue weighted by atomic mass is 32.1. The number of hydrogen-bond donors (Lipinski definition) is 2. The molecule has 2 aromatic rings. The van der Waals surface area contributed by atoms with Crippen LogP contribution in [0.15, 0.2) is 41.8 Å². The van der Waals surface area contributed by atoms with Gasteiger partial charge in [-0.05, 0) is 29.5 Å². The molecule has 116 valence electrons. The maximum absolute atomic E-state index is 12.3. The molecule has 0 spiro atoms. The van der Waals surface area contributed by atoms with Crippen LogP contribution < -0.4 is 10.2 Å². The van der Waals surface area contributed by atoms with Gasteiger partial charge in [0.2, 0.25) is 0 Å². The van der Waals surface area contributed by atoms with Crippen LogP contribution in [0.5, 0.6) is 0 Å². The Labute approximate surface area is 136 Å². The molecule has 3 nitrogen and oxygen atoms in total. The lowest BCUT2D eigenvalue weighted by molar-refractivity contribution is -0.910. The van der Waals surface area contributed by atoms with E-state index >= 15 is 0 Å². The van der Waals surface area contributed by atoms with Crippen molar-refractivity contribution in [1.82, 2.24) is 5.32 Å². The van der Waals surface area contributed by atoms with Crippen LogP contribution in [0.25, 0.3) is 0 Å². The van der Waals surface area contributed by atoms with Gasteiger partial charge in [0.05, 0.1) is 11.4 Å². The number of carbonyl (C=O) groups excluding carboxylic acids is 1. The first kappa shape index (κ1) is 15.3. The lowest BCUT2D eigenvalue weighted by Crippen LogP contribution is -3.11. The van der Waals surface area contributed by atoms with E-state index in [4.69, 9.17) is 0 Å². The zero-order valence-electron chi connectivity index (χ0n) is 13.0. The molecule has 2 heterocycles. The number of carbonyl (C=O) groups is 1. The van der Waals surface area contributed by atoms with Crippen molar-refractivity contribution < 1.29 is 9.69 Å². The highest BCUT2D eigenvalue weighted by molar-refractivity contribution is 7.10. The minimum Gasteiger partial charge on any atom is -0.347 e. The second kappa shape index (κ2) is 7.07. The van der Waals surface area contributed by atoms with Crippen molar-refractivity contribution in [1.29, 1.82) is 0 Å². The standard InChI is InChI=1S/C18H22N2OS/c1-14-6-2-3-7-15(14)12-19-18(21)13-20-10-4-8-16(20)17-9-5-11-22-17/h2-3,5-7,9,11,16H,4,8,10,12-13H2,1H3,(H,19,21)/p+1/t16-/m0/s1. The summed E-state index contributed by atoms with van der Waals surface area (Å²) >= 11 is 1.81. The Bertz CT molecular complexity index is 624. The van der Waals surface area contributed by atoms with E-state index in [-0.39, 0.29) is 5.91 Å². The maximum Gasteiger partial charge on any atom is 0.275 e. The molecule has 2 N–H and O–H groups in total. The number of benzene rings is 1. The van der Waals surface area contributed by atoms with Gasteiger partial charge in [0.1, 0.15) is 6.04 Å². The van der Waals surface area contributed by atoms with Crippen molar-refractivity contribution in [2.75, 3.05) is 13.1 Å². The first-order valence-corrected chi connectivity index (χ1v) is 8.81. The summed E-state index contributed by atoms with van der Waals surface area (Å²) in [4.78, 5) is 15.1. The van der Waals surface area contributed by atoms with Crippen LogP contribution >= 0.6 is 11.3 Å². The van der Waals surface area contributed by atoms with Gasteiger partial charge in [-0.15, -0.1) is 11.3 Å². The molecule has 2 atom stereocenters. The molecule has 0 saturated carbocycles. The minimum absolute atomic E-state index is 0.154. The van der Waals surface area contributed by atoms with Crippen molar-refractivity contribution in [3.05, 3.63) is 57.8 Å². The molecule has 1 aromatic carbocycles. The molecule has 1 unspecified atom stereocenters. The van der Waals surface area contributed by atoms with Gasteiger partial charge in [-0.3, -0.25) is 4.79 Å². The second-order valence-corrected chi connectivity index (χ2v) is 6.98. The summed E-state index contributed by atoms with van der Waals surface area (Å²) in [7, 11) is 0. The van der Waals surface area contributed by atoms with Crippen molar-refractivity contribution >= 4 is 17.2 Å². The van der Waals surface area contributed by atoms with E-state index in [1.807, 2.05) is 23.5 Å². The summed E-state index contributed by atoms with van der Waals surface area (Å²) in [5.74, 6) is 0.154. The highest BCUT2D eigenvalue weighted by Gasteiger charge is 2.32. The number of likely N-dealkylation sites (tertiary alicyclic amines) is 1. The Morgan fingerprint density at radius 2 is 2.18 bits per heavy atom. The van der Waals surface area contributed by atoms with Gasteiger partial charge >= 0.3 is 0 Å². The Morgan fingerprint density at radius 3 is 2.95 bits per heavy atom. The van der Waals surface area contributed by atoms with Gasteiger partial charge in [-0.25, -0.2) is 0 Å². The number of thiophene rings is 1. The Hall–Kier alpha value is -1.65. The predicted molar refractivity (Wildman–Crippen MR) is 90.0 cm³/mol. The van der Waals surface area contributed by atoms with Crippen LogP contribution in [0.1, 0.15) is 34.9 Å². The topological polar surface area (TPSA) is 33.5 Å². The predicted octanol–water partition coefficient (Wildman–Crippen LogP) is 2.09. The zero-order chi connectivity index (χ0) is 15.4. The van der Waals surface area contributed by atoms with Crippen LogP contribution in [0, 0.1) is 6.92 Å². The lowest BCUT2D eigenvalue weighted by Gasteiger charge is -2.20. The van der Waals surface area contributed by atoms with Gasteiger partial charge in [0.15, 0.2) is 6.54 Å². The number of amides is 1. The minimum atomic E-state index is 0.154. The molecule has 0 aliphatic carbocycles. The molecule has 0 bridgehead atoms. The summed E-state index contributed by atoms with van der Waals surface area (Å²) in [6.07, 6.45) is 2.41. The third kappa shape index (κ3) is 3.57. The number of aryl methyl sites for hydroxylation is 1. The fourth-order valence-corrected chi connectivity index (χ4v) is 4.15. The number of hydrogen-bond acceptors (Lipinski definition) is 2. The largest absolute Gasteiger partial charge is 0.347 e. The van der Waals surface area contributed by atoms with Crippen LogP contribution in [0.2, 0.25) is 0 Å². The van der Waals surface area contributed by atoms with E-state index in [1.165, 1.54) is 33.7 Å². The molecule has 1 saturated heterocycles. The summed E-state index contributed by atoms with van der Waals surface area (Å²) in [5, 5.41) is 5.20. The average molecular weight is 315 g/mol. The van der Waals surface area contributed by atoms with Gasteiger partial charge in [0, 0.05) is 19.4 Å². The third-order valence-corrected chi connectivity index (χ3v) is 5.48. The number of nitrogens with one attached hydrogen (secondary N) is 2. The van der Waals surface area contributed by atoms with Gasteiger partial charge < -0.3 is 10.2 Å². The molecule has 1 aromatic heterocycles. The monoisotopic (exact) mass is 315 g/mol. The number of rotatable bonds is 5. The van der Waals surface area contributed by atoms with Gasteiger partial charge in [-0.1, -0.05) is 30.3 Å². The molecule has 1 aliphatic heterocycles. The molecular weight excluding hydrogens is 292 g/mol. The first-order valence-electron chi connectivity index (χ1n) is 7.93. The second-order valence-electron chi connectivity index (χ2n) is 6.00.